The van der Waals surface area contributed by atoms with Crippen LogP contribution >= 0.6 is 11.6 Å². The molecule has 4 rings (SSSR count). The zero-order valence-corrected chi connectivity index (χ0v) is 22.3. The van der Waals surface area contributed by atoms with Crippen LogP contribution in [0.1, 0.15) is 49.9 Å². The van der Waals surface area contributed by atoms with E-state index in [1.807, 2.05) is 20.8 Å². The molecule has 0 aromatic carbocycles. The van der Waals surface area contributed by atoms with E-state index in [4.69, 9.17) is 21.1 Å². The van der Waals surface area contributed by atoms with Gasteiger partial charge in [-0.25, -0.2) is 14.5 Å². The van der Waals surface area contributed by atoms with Gasteiger partial charge in [0, 0.05) is 40.1 Å². The summed E-state index contributed by atoms with van der Waals surface area (Å²) in [4.78, 5) is 21.0. The number of amides is 1. The quantitative estimate of drug-likeness (QED) is 0.457. The second-order valence-corrected chi connectivity index (χ2v) is 10.4. The first-order valence-corrected chi connectivity index (χ1v) is 13.4. The molecule has 1 N–H and O–H groups in total. The van der Waals surface area contributed by atoms with Crippen molar-refractivity contribution in [2.75, 3.05) is 18.1 Å². The molecule has 3 aromatic rings. The summed E-state index contributed by atoms with van der Waals surface area (Å²) < 4.78 is 61.4. The fourth-order valence-electron chi connectivity index (χ4n) is 3.47. The van der Waals surface area contributed by atoms with E-state index in [-0.39, 0.29) is 28.2 Å². The van der Waals surface area contributed by atoms with Crippen LogP contribution < -0.4 is 14.8 Å². The van der Waals surface area contributed by atoms with E-state index in [1.54, 1.807) is 13.0 Å². The highest BCUT2D eigenvalue weighted by molar-refractivity contribution is 7.85. The first-order valence-electron chi connectivity index (χ1n) is 11.5. The van der Waals surface area contributed by atoms with E-state index in [9.17, 15) is 22.2 Å². The zero-order valence-electron chi connectivity index (χ0n) is 20.7. The number of pyridine rings is 2. The van der Waals surface area contributed by atoms with Crippen LogP contribution in [0.2, 0.25) is 5.02 Å². The molecule has 1 fully saturated rings. The monoisotopic (exact) mass is 561 g/mol. The number of aromatic nitrogens is 4. The maximum Gasteiger partial charge on any atom is 0.422 e. The third-order valence-corrected chi connectivity index (χ3v) is 6.98. The number of carbonyl (C=O) groups excluding carboxylic acids is 1. The molecule has 0 aliphatic carbocycles. The summed E-state index contributed by atoms with van der Waals surface area (Å²) in [5.74, 6) is 0.217. The molecular weight excluding hydrogens is 535 g/mol. The minimum Gasteiger partial charge on any atom is -0.478 e. The molecule has 1 aliphatic heterocycles. The van der Waals surface area contributed by atoms with E-state index >= 15 is 0 Å². The number of nitrogens with zero attached hydrogens (tertiary/aromatic N) is 4. The van der Waals surface area contributed by atoms with Gasteiger partial charge in [-0.15, -0.1) is 5.10 Å². The second kappa shape index (κ2) is 11.6. The average Bonchev–Trinajstić information content (AvgIpc) is 3.29. The van der Waals surface area contributed by atoms with Crippen LogP contribution in [-0.2, 0) is 10.8 Å². The smallest absolute Gasteiger partial charge is 0.422 e. The van der Waals surface area contributed by atoms with Gasteiger partial charge in [0.2, 0.25) is 5.82 Å². The van der Waals surface area contributed by atoms with Gasteiger partial charge >= 0.3 is 6.18 Å². The van der Waals surface area contributed by atoms with E-state index < -0.39 is 35.0 Å². The molecule has 9 nitrogen and oxygen atoms in total. The van der Waals surface area contributed by atoms with Crippen molar-refractivity contribution < 1.29 is 31.6 Å². The highest BCUT2D eigenvalue weighted by atomic mass is 35.5. The Bertz CT molecular complexity index is 1290. The molecule has 202 valence electrons. The molecule has 3 aromatic heterocycles. The molecule has 0 atom stereocenters. The van der Waals surface area contributed by atoms with Crippen LogP contribution in [0.4, 0.5) is 13.2 Å². The molecular formula is C23H27ClF3N5O4S. The van der Waals surface area contributed by atoms with Gasteiger partial charge in [-0.05, 0) is 38.8 Å². The molecule has 1 aliphatic rings. The summed E-state index contributed by atoms with van der Waals surface area (Å²) >= 11 is 5.84. The standard InChI is InChI=1S/C21H21ClF3N5O4S.C2H6/c1-12-14(34-19-15(9-13(22)10-26-19)33-11-21(23,24)25)3-4-16-27-17(29-30(12)16)18(31)28-20(2)5-7-35(32)8-6-20;1-2/h3-4,9-10H,5-8,11H2,1-2H3,(H,28,31);1-2H3. The van der Waals surface area contributed by atoms with Gasteiger partial charge in [-0.1, -0.05) is 25.4 Å². The molecule has 0 saturated carbocycles. The largest absolute Gasteiger partial charge is 0.478 e. The van der Waals surface area contributed by atoms with Gasteiger partial charge in [0.25, 0.3) is 11.8 Å². The number of alkyl halides is 3. The zero-order chi connectivity index (χ0) is 27.4. The molecule has 14 heteroatoms. The maximum absolute atomic E-state index is 12.8. The first-order chi connectivity index (χ1) is 17.4. The van der Waals surface area contributed by atoms with E-state index in [0.717, 1.165) is 0 Å². The first kappa shape index (κ1) is 28.6. The van der Waals surface area contributed by atoms with Crippen LogP contribution in [0.3, 0.4) is 0 Å². The molecule has 1 saturated heterocycles. The Labute approximate surface area is 219 Å². The van der Waals surface area contributed by atoms with Gasteiger partial charge in [-0.2, -0.15) is 13.2 Å². The van der Waals surface area contributed by atoms with Crippen LogP contribution in [-0.4, -0.2) is 59.5 Å². The van der Waals surface area contributed by atoms with Gasteiger partial charge in [0.05, 0.1) is 10.7 Å². The van der Waals surface area contributed by atoms with Crippen molar-refractivity contribution in [1.82, 2.24) is 24.9 Å². The summed E-state index contributed by atoms with van der Waals surface area (Å²) in [5, 5.41) is 7.27. The Hall–Kier alpha value is -2.93. The molecule has 1 amide bonds. The van der Waals surface area contributed by atoms with Crippen molar-refractivity contribution in [3.05, 3.63) is 40.9 Å². The Balaban J connectivity index is 0.00000186. The van der Waals surface area contributed by atoms with E-state index in [1.165, 1.54) is 22.8 Å². The summed E-state index contributed by atoms with van der Waals surface area (Å²) in [7, 11) is -0.868. The normalized spacial score (nSPS) is 19.6. The predicted molar refractivity (Wildman–Crippen MR) is 133 cm³/mol. The van der Waals surface area contributed by atoms with Crippen molar-refractivity contribution in [3.63, 3.8) is 0 Å². The fourth-order valence-corrected chi connectivity index (χ4v) is 5.18. The van der Waals surface area contributed by atoms with Gasteiger partial charge < -0.3 is 14.8 Å². The Kier molecular flexibility index (Phi) is 9.00. The molecule has 0 unspecified atom stereocenters. The molecule has 0 bridgehead atoms. The van der Waals surface area contributed by atoms with Gasteiger partial charge in [0.15, 0.2) is 23.8 Å². The van der Waals surface area contributed by atoms with Gasteiger partial charge in [0.1, 0.15) is 0 Å². The average molecular weight is 562 g/mol. The third-order valence-electron chi connectivity index (χ3n) is 5.45. The predicted octanol–water partition coefficient (Wildman–Crippen LogP) is 4.88. The summed E-state index contributed by atoms with van der Waals surface area (Å²) in [5.41, 5.74) is 0.290. The van der Waals surface area contributed by atoms with E-state index in [0.29, 0.717) is 35.7 Å². The summed E-state index contributed by atoms with van der Waals surface area (Å²) in [6, 6.07) is 4.25. The lowest BCUT2D eigenvalue weighted by atomic mass is 9.95. The molecule has 37 heavy (non-hydrogen) atoms. The third kappa shape index (κ3) is 7.31. The minimum atomic E-state index is -4.56. The van der Waals surface area contributed by atoms with E-state index in [2.05, 4.69) is 20.4 Å². The molecule has 4 heterocycles. The second-order valence-electron chi connectivity index (χ2n) is 8.31. The number of rotatable bonds is 6. The fraction of sp³-hybridized carbons (Fsp3) is 0.478. The lowest BCUT2D eigenvalue weighted by Crippen LogP contribution is -2.50. The maximum atomic E-state index is 12.8. The van der Waals surface area contributed by atoms with Crippen molar-refractivity contribution >= 4 is 34.0 Å². The molecule has 0 radical (unpaired) electrons. The summed E-state index contributed by atoms with van der Waals surface area (Å²) in [6.07, 6.45) is -2.17. The van der Waals surface area contributed by atoms with Crippen molar-refractivity contribution in [2.24, 2.45) is 0 Å². The number of carbonyl (C=O) groups is 1. The lowest BCUT2D eigenvalue weighted by molar-refractivity contribution is -0.153. The Morgan fingerprint density at radius 1 is 1.24 bits per heavy atom. The number of ether oxygens (including phenoxy) is 2. The number of aryl methyl sites for hydroxylation is 1. The SMILES string of the molecule is CC.Cc1c(Oc2ncc(Cl)cc2OCC(F)(F)F)ccc2nc(C(=O)NC3(C)CCS(=O)CC3)nn12. The van der Waals surface area contributed by atoms with Crippen molar-refractivity contribution in [2.45, 2.75) is 52.3 Å². The number of nitrogens with one attached hydrogen (secondary N) is 1. The number of hydrogen-bond donors (Lipinski definition) is 1. The summed E-state index contributed by atoms with van der Waals surface area (Å²) in [6.45, 7) is 5.99. The number of hydrogen-bond acceptors (Lipinski definition) is 7. The van der Waals surface area contributed by atoms with Gasteiger partial charge in [-0.3, -0.25) is 9.00 Å². The molecule has 0 spiro atoms. The minimum absolute atomic E-state index is 0.0583. The van der Waals surface area contributed by atoms with Crippen LogP contribution in [0, 0.1) is 6.92 Å². The van der Waals surface area contributed by atoms with Crippen molar-refractivity contribution in [1.29, 1.82) is 0 Å². The Morgan fingerprint density at radius 2 is 1.92 bits per heavy atom. The number of fused-ring (bicyclic) bond motifs is 1. The lowest BCUT2D eigenvalue weighted by Gasteiger charge is -2.33. The van der Waals surface area contributed by atoms with Crippen LogP contribution in [0.15, 0.2) is 24.4 Å². The van der Waals surface area contributed by atoms with Crippen LogP contribution in [0.25, 0.3) is 5.65 Å². The topological polar surface area (TPSA) is 108 Å². The number of halogens is 4. The van der Waals surface area contributed by atoms with Crippen molar-refractivity contribution in [3.8, 4) is 17.4 Å². The van der Waals surface area contributed by atoms with Crippen LogP contribution in [0.5, 0.6) is 17.4 Å². The Morgan fingerprint density at radius 3 is 2.57 bits per heavy atom. The highest BCUT2D eigenvalue weighted by Gasteiger charge is 2.33. The highest BCUT2D eigenvalue weighted by Crippen LogP contribution is 2.34.